The third-order valence-corrected chi connectivity index (χ3v) is 4.29. The number of carbonyl (C=O) groups is 1. The maximum atomic E-state index is 12.1. The number of aliphatic hydroxyl groups is 1. The van der Waals surface area contributed by atoms with Crippen molar-refractivity contribution in [2.45, 2.75) is 32.9 Å². The van der Waals surface area contributed by atoms with Crippen molar-refractivity contribution < 1.29 is 19.2 Å². The SMILES string of the molecule is CC[C@@H](CO)NC(=O)c1ccc(OCc2c(-c3ccccn3)noc2C)cn1. The maximum Gasteiger partial charge on any atom is 0.270 e. The topological polar surface area (TPSA) is 110 Å². The fourth-order valence-electron chi connectivity index (χ4n) is 2.56. The molecule has 0 aromatic carbocycles. The summed E-state index contributed by atoms with van der Waals surface area (Å²) in [6.45, 7) is 3.82. The minimum atomic E-state index is -0.334. The summed E-state index contributed by atoms with van der Waals surface area (Å²) in [4.78, 5) is 20.5. The number of pyridine rings is 2. The van der Waals surface area contributed by atoms with E-state index in [0.717, 1.165) is 5.56 Å². The van der Waals surface area contributed by atoms with Crippen molar-refractivity contribution in [1.82, 2.24) is 20.4 Å². The number of aryl methyl sites for hydroxylation is 1. The molecule has 3 aromatic rings. The number of ether oxygens (including phenoxy) is 1. The first-order valence-electron chi connectivity index (χ1n) is 8.99. The molecule has 0 saturated carbocycles. The fraction of sp³-hybridized carbons (Fsp3) is 0.300. The zero-order valence-electron chi connectivity index (χ0n) is 15.8. The Morgan fingerprint density at radius 2 is 2.14 bits per heavy atom. The van der Waals surface area contributed by atoms with Crippen molar-refractivity contribution in [2.24, 2.45) is 0 Å². The van der Waals surface area contributed by atoms with Crippen LogP contribution in [0.4, 0.5) is 0 Å². The Hall–Kier alpha value is -3.26. The van der Waals surface area contributed by atoms with E-state index in [-0.39, 0.29) is 30.9 Å². The number of amides is 1. The van der Waals surface area contributed by atoms with E-state index in [0.29, 0.717) is 29.3 Å². The largest absolute Gasteiger partial charge is 0.487 e. The standard InChI is InChI=1S/C20H22N4O4/c1-3-14(11-25)23-20(26)18-8-7-15(10-22-18)27-12-16-13(2)28-24-19(16)17-6-4-5-9-21-17/h4-10,14,25H,3,11-12H2,1-2H3,(H,23,26)/t14-/m0/s1. The van der Waals surface area contributed by atoms with E-state index in [4.69, 9.17) is 9.26 Å². The third kappa shape index (κ3) is 4.52. The molecule has 1 atom stereocenters. The van der Waals surface area contributed by atoms with Crippen LogP contribution >= 0.6 is 0 Å². The maximum absolute atomic E-state index is 12.1. The molecule has 146 valence electrons. The molecule has 0 saturated heterocycles. The second-order valence-corrected chi connectivity index (χ2v) is 6.21. The van der Waals surface area contributed by atoms with Crippen LogP contribution in [0.5, 0.6) is 5.75 Å². The van der Waals surface area contributed by atoms with E-state index in [1.807, 2.05) is 32.0 Å². The van der Waals surface area contributed by atoms with Gasteiger partial charge in [0.1, 0.15) is 29.5 Å². The average molecular weight is 382 g/mol. The van der Waals surface area contributed by atoms with Gasteiger partial charge in [-0.15, -0.1) is 0 Å². The summed E-state index contributed by atoms with van der Waals surface area (Å²) >= 11 is 0. The van der Waals surface area contributed by atoms with Crippen LogP contribution in [0.15, 0.2) is 47.2 Å². The summed E-state index contributed by atoms with van der Waals surface area (Å²) in [5.41, 5.74) is 2.40. The number of aliphatic hydroxyl groups excluding tert-OH is 1. The zero-order valence-corrected chi connectivity index (χ0v) is 15.8. The summed E-state index contributed by atoms with van der Waals surface area (Å²) in [7, 11) is 0. The van der Waals surface area contributed by atoms with Crippen molar-refractivity contribution in [1.29, 1.82) is 0 Å². The number of aromatic nitrogens is 3. The molecular weight excluding hydrogens is 360 g/mol. The molecule has 0 fully saturated rings. The van der Waals surface area contributed by atoms with Gasteiger partial charge in [-0.05, 0) is 37.6 Å². The number of hydrogen-bond donors (Lipinski definition) is 2. The van der Waals surface area contributed by atoms with Gasteiger partial charge in [0, 0.05) is 6.20 Å². The minimum Gasteiger partial charge on any atom is -0.487 e. The molecule has 0 aliphatic rings. The van der Waals surface area contributed by atoms with Crippen molar-refractivity contribution >= 4 is 5.91 Å². The monoisotopic (exact) mass is 382 g/mol. The number of rotatable bonds is 8. The smallest absolute Gasteiger partial charge is 0.270 e. The van der Waals surface area contributed by atoms with Gasteiger partial charge in [0.05, 0.1) is 30.1 Å². The van der Waals surface area contributed by atoms with E-state index in [2.05, 4.69) is 20.4 Å². The number of hydrogen-bond acceptors (Lipinski definition) is 7. The summed E-state index contributed by atoms with van der Waals surface area (Å²) in [6.07, 6.45) is 3.82. The van der Waals surface area contributed by atoms with Crippen LogP contribution in [0.25, 0.3) is 11.4 Å². The molecule has 8 heteroatoms. The van der Waals surface area contributed by atoms with Crippen molar-refractivity contribution in [2.75, 3.05) is 6.61 Å². The van der Waals surface area contributed by atoms with Gasteiger partial charge < -0.3 is 19.7 Å². The molecule has 3 heterocycles. The van der Waals surface area contributed by atoms with E-state index >= 15 is 0 Å². The number of nitrogens with one attached hydrogen (secondary N) is 1. The molecule has 0 aliphatic carbocycles. The Morgan fingerprint density at radius 3 is 2.79 bits per heavy atom. The average Bonchev–Trinajstić information content (AvgIpc) is 3.11. The van der Waals surface area contributed by atoms with E-state index in [1.54, 1.807) is 18.3 Å². The van der Waals surface area contributed by atoms with Crippen molar-refractivity contribution in [3.05, 3.63) is 59.7 Å². The van der Waals surface area contributed by atoms with Crippen LogP contribution in [0.2, 0.25) is 0 Å². The number of nitrogens with zero attached hydrogens (tertiary/aromatic N) is 3. The van der Waals surface area contributed by atoms with Crippen LogP contribution in [0, 0.1) is 6.92 Å². The van der Waals surface area contributed by atoms with E-state index in [9.17, 15) is 9.90 Å². The first kappa shape index (κ1) is 19.5. The summed E-state index contributed by atoms with van der Waals surface area (Å²) in [5.74, 6) is 0.831. The Balaban J connectivity index is 1.66. The lowest BCUT2D eigenvalue weighted by molar-refractivity contribution is 0.0910. The van der Waals surface area contributed by atoms with Gasteiger partial charge in [0.25, 0.3) is 5.91 Å². The Labute approximate surface area is 162 Å². The van der Waals surface area contributed by atoms with Crippen LogP contribution in [-0.4, -0.2) is 38.8 Å². The van der Waals surface area contributed by atoms with Gasteiger partial charge in [-0.3, -0.25) is 9.78 Å². The van der Waals surface area contributed by atoms with Gasteiger partial charge in [-0.1, -0.05) is 18.1 Å². The number of carbonyl (C=O) groups excluding carboxylic acids is 1. The van der Waals surface area contributed by atoms with Crippen molar-refractivity contribution in [3.8, 4) is 17.1 Å². The highest BCUT2D eigenvalue weighted by molar-refractivity contribution is 5.92. The highest BCUT2D eigenvalue weighted by atomic mass is 16.5. The second kappa shape index (κ2) is 9.09. The molecule has 1 amide bonds. The molecule has 0 bridgehead atoms. The molecule has 0 spiro atoms. The summed E-state index contributed by atoms with van der Waals surface area (Å²) in [5, 5.41) is 16.0. The Morgan fingerprint density at radius 1 is 1.29 bits per heavy atom. The van der Waals surface area contributed by atoms with Gasteiger partial charge in [0.15, 0.2) is 0 Å². The van der Waals surface area contributed by atoms with Crippen LogP contribution in [-0.2, 0) is 6.61 Å². The lowest BCUT2D eigenvalue weighted by Crippen LogP contribution is -2.37. The molecular formula is C20H22N4O4. The Kier molecular flexibility index (Phi) is 6.33. The Bertz CT molecular complexity index is 906. The first-order chi connectivity index (χ1) is 13.6. The third-order valence-electron chi connectivity index (χ3n) is 4.29. The lowest BCUT2D eigenvalue weighted by atomic mass is 10.1. The van der Waals surface area contributed by atoms with E-state index in [1.165, 1.54) is 6.20 Å². The minimum absolute atomic E-state index is 0.111. The molecule has 28 heavy (non-hydrogen) atoms. The first-order valence-corrected chi connectivity index (χ1v) is 8.99. The quantitative estimate of drug-likeness (QED) is 0.616. The van der Waals surface area contributed by atoms with Crippen LogP contribution in [0.1, 0.15) is 35.2 Å². The van der Waals surface area contributed by atoms with Gasteiger partial charge >= 0.3 is 0 Å². The fourth-order valence-corrected chi connectivity index (χ4v) is 2.56. The summed E-state index contributed by atoms with van der Waals surface area (Å²) < 4.78 is 11.1. The second-order valence-electron chi connectivity index (χ2n) is 6.21. The molecule has 0 unspecified atom stereocenters. The van der Waals surface area contributed by atoms with Crippen LogP contribution in [0.3, 0.4) is 0 Å². The highest BCUT2D eigenvalue weighted by Gasteiger charge is 2.17. The van der Waals surface area contributed by atoms with Crippen molar-refractivity contribution in [3.63, 3.8) is 0 Å². The molecule has 2 N–H and O–H groups in total. The molecule has 8 nitrogen and oxygen atoms in total. The lowest BCUT2D eigenvalue weighted by Gasteiger charge is -2.13. The van der Waals surface area contributed by atoms with Crippen LogP contribution < -0.4 is 10.1 Å². The highest BCUT2D eigenvalue weighted by Crippen LogP contribution is 2.24. The molecule has 0 radical (unpaired) electrons. The van der Waals surface area contributed by atoms with Gasteiger partial charge in [-0.2, -0.15) is 0 Å². The molecule has 3 rings (SSSR count). The van der Waals surface area contributed by atoms with E-state index < -0.39 is 0 Å². The normalized spacial score (nSPS) is 11.8. The van der Waals surface area contributed by atoms with Gasteiger partial charge in [-0.25, -0.2) is 4.98 Å². The summed E-state index contributed by atoms with van der Waals surface area (Å²) in [6, 6.07) is 8.53. The molecule has 3 aromatic heterocycles. The predicted octanol–water partition coefficient (Wildman–Crippen LogP) is 2.52. The molecule has 0 aliphatic heterocycles. The predicted molar refractivity (Wildman–Crippen MR) is 102 cm³/mol. The zero-order chi connectivity index (χ0) is 19.9. The van der Waals surface area contributed by atoms with Gasteiger partial charge in [0.2, 0.25) is 0 Å².